The lowest BCUT2D eigenvalue weighted by Crippen LogP contribution is -2.58. The summed E-state index contributed by atoms with van der Waals surface area (Å²) in [5.41, 5.74) is 8.57. The smallest absolute Gasteiger partial charge is 0.0803 e. The first-order chi connectivity index (χ1) is 8.64. The minimum atomic E-state index is -0.0530. The summed E-state index contributed by atoms with van der Waals surface area (Å²) in [6.07, 6.45) is 1.19. The molecule has 0 aliphatic carbocycles. The Bertz CT molecular complexity index is 407. The number of nitrogens with two attached hydrogens (primary N) is 1. The van der Waals surface area contributed by atoms with Crippen LogP contribution in [0.15, 0.2) is 24.3 Å². The predicted octanol–water partition coefficient (Wildman–Crippen LogP) is 2.33. The molecule has 1 saturated heterocycles. The monoisotopic (exact) mass is 248 g/mol. The first-order valence-corrected chi connectivity index (χ1v) is 6.80. The Balaban J connectivity index is 2.38. The Morgan fingerprint density at radius 3 is 2.78 bits per heavy atom. The van der Waals surface area contributed by atoms with Gasteiger partial charge < -0.3 is 15.4 Å². The van der Waals surface area contributed by atoms with Crippen LogP contribution in [0.5, 0.6) is 0 Å². The maximum atomic E-state index is 6.09. The molecule has 0 bridgehead atoms. The lowest BCUT2D eigenvalue weighted by atomic mass is 9.89. The fraction of sp³-hybridized carbons (Fsp3) is 0.600. The largest absolute Gasteiger partial charge is 0.376 e. The summed E-state index contributed by atoms with van der Waals surface area (Å²) in [6, 6.07) is 8.63. The van der Waals surface area contributed by atoms with Crippen molar-refractivity contribution in [3.63, 3.8) is 0 Å². The van der Waals surface area contributed by atoms with Crippen molar-refractivity contribution >= 4 is 5.69 Å². The van der Waals surface area contributed by atoms with E-state index in [0.717, 1.165) is 19.6 Å². The highest BCUT2D eigenvalue weighted by atomic mass is 16.5. The van der Waals surface area contributed by atoms with Crippen LogP contribution in [0, 0.1) is 6.92 Å². The Morgan fingerprint density at radius 2 is 2.28 bits per heavy atom. The second-order valence-electron chi connectivity index (χ2n) is 5.15. The van der Waals surface area contributed by atoms with Crippen LogP contribution in [0.3, 0.4) is 0 Å². The summed E-state index contributed by atoms with van der Waals surface area (Å²) in [6.45, 7) is 8.84. The van der Waals surface area contributed by atoms with Crippen LogP contribution in [0.2, 0.25) is 0 Å². The third-order valence-electron chi connectivity index (χ3n) is 4.18. The number of benzene rings is 1. The SMILES string of the molecule is CCN(c1cccc(C)c1)C1(CN)CCOC1C. The normalized spacial score (nSPS) is 27.4. The second-order valence-corrected chi connectivity index (χ2v) is 5.15. The highest BCUT2D eigenvalue weighted by molar-refractivity contribution is 5.52. The van der Waals surface area contributed by atoms with Crippen molar-refractivity contribution in [2.75, 3.05) is 24.6 Å². The Hall–Kier alpha value is -1.06. The summed E-state index contributed by atoms with van der Waals surface area (Å²) in [5, 5.41) is 0. The van der Waals surface area contributed by atoms with E-state index in [1.165, 1.54) is 11.3 Å². The van der Waals surface area contributed by atoms with E-state index in [9.17, 15) is 0 Å². The molecule has 1 fully saturated rings. The quantitative estimate of drug-likeness (QED) is 0.888. The molecule has 1 aromatic rings. The van der Waals surface area contributed by atoms with Crippen LogP contribution >= 0.6 is 0 Å². The van der Waals surface area contributed by atoms with E-state index in [0.29, 0.717) is 6.54 Å². The summed E-state index contributed by atoms with van der Waals surface area (Å²) >= 11 is 0. The first-order valence-electron chi connectivity index (χ1n) is 6.80. The van der Waals surface area contributed by atoms with Gasteiger partial charge in [0, 0.05) is 25.4 Å². The molecule has 2 N–H and O–H groups in total. The molecule has 3 heteroatoms. The van der Waals surface area contributed by atoms with Gasteiger partial charge in [-0.1, -0.05) is 12.1 Å². The molecule has 0 spiro atoms. The van der Waals surface area contributed by atoms with E-state index in [1.807, 2.05) is 0 Å². The molecule has 2 atom stereocenters. The Kier molecular flexibility index (Phi) is 3.93. The van der Waals surface area contributed by atoms with Gasteiger partial charge in [0.25, 0.3) is 0 Å². The predicted molar refractivity (Wildman–Crippen MR) is 76.0 cm³/mol. The van der Waals surface area contributed by atoms with Crippen LogP contribution < -0.4 is 10.6 Å². The van der Waals surface area contributed by atoms with Gasteiger partial charge in [-0.2, -0.15) is 0 Å². The molecule has 1 aromatic carbocycles. The summed E-state index contributed by atoms with van der Waals surface area (Å²) in [7, 11) is 0. The number of rotatable bonds is 4. The van der Waals surface area contributed by atoms with Gasteiger partial charge in [0.2, 0.25) is 0 Å². The van der Waals surface area contributed by atoms with E-state index in [2.05, 4.69) is 49.9 Å². The average Bonchev–Trinajstić information content (AvgIpc) is 2.73. The lowest BCUT2D eigenvalue weighted by Gasteiger charge is -2.44. The molecule has 1 heterocycles. The van der Waals surface area contributed by atoms with E-state index < -0.39 is 0 Å². The molecule has 18 heavy (non-hydrogen) atoms. The van der Waals surface area contributed by atoms with Gasteiger partial charge in [-0.25, -0.2) is 0 Å². The molecule has 2 rings (SSSR count). The second kappa shape index (κ2) is 5.29. The van der Waals surface area contributed by atoms with Crippen molar-refractivity contribution in [1.82, 2.24) is 0 Å². The minimum Gasteiger partial charge on any atom is -0.376 e. The number of hydrogen-bond acceptors (Lipinski definition) is 3. The highest BCUT2D eigenvalue weighted by Crippen LogP contribution is 2.35. The number of anilines is 1. The average molecular weight is 248 g/mol. The van der Waals surface area contributed by atoms with Crippen molar-refractivity contribution in [3.05, 3.63) is 29.8 Å². The summed E-state index contributed by atoms with van der Waals surface area (Å²) < 4.78 is 5.77. The van der Waals surface area contributed by atoms with Crippen LogP contribution in [0.4, 0.5) is 5.69 Å². The zero-order valence-electron chi connectivity index (χ0n) is 11.6. The summed E-state index contributed by atoms with van der Waals surface area (Å²) in [4.78, 5) is 2.41. The highest BCUT2D eigenvalue weighted by Gasteiger charge is 2.44. The van der Waals surface area contributed by atoms with Crippen molar-refractivity contribution in [1.29, 1.82) is 0 Å². The van der Waals surface area contributed by atoms with Crippen LogP contribution in [-0.2, 0) is 4.74 Å². The number of hydrogen-bond donors (Lipinski definition) is 1. The molecule has 100 valence electrons. The molecule has 1 aliphatic rings. The van der Waals surface area contributed by atoms with E-state index in [4.69, 9.17) is 10.5 Å². The number of ether oxygens (including phenoxy) is 1. The van der Waals surface area contributed by atoms with Gasteiger partial charge in [-0.05, 0) is 44.9 Å². The Labute approximate surface area is 110 Å². The minimum absolute atomic E-state index is 0.0530. The molecule has 2 unspecified atom stereocenters. The van der Waals surface area contributed by atoms with Crippen molar-refractivity contribution < 1.29 is 4.74 Å². The van der Waals surface area contributed by atoms with Crippen molar-refractivity contribution in [2.45, 2.75) is 38.8 Å². The molecular weight excluding hydrogens is 224 g/mol. The van der Waals surface area contributed by atoms with Gasteiger partial charge in [-0.3, -0.25) is 0 Å². The third-order valence-corrected chi connectivity index (χ3v) is 4.18. The van der Waals surface area contributed by atoms with Gasteiger partial charge in [0.15, 0.2) is 0 Å². The van der Waals surface area contributed by atoms with E-state index in [-0.39, 0.29) is 11.6 Å². The molecular formula is C15H24N2O. The van der Waals surface area contributed by atoms with E-state index >= 15 is 0 Å². The van der Waals surface area contributed by atoms with Crippen LogP contribution in [0.25, 0.3) is 0 Å². The summed E-state index contributed by atoms with van der Waals surface area (Å²) in [5.74, 6) is 0. The molecule has 0 radical (unpaired) electrons. The van der Waals surface area contributed by atoms with Crippen molar-refractivity contribution in [3.8, 4) is 0 Å². The third kappa shape index (κ3) is 2.13. The van der Waals surface area contributed by atoms with Crippen LogP contribution in [0.1, 0.15) is 25.8 Å². The lowest BCUT2D eigenvalue weighted by molar-refractivity contribution is 0.0949. The van der Waals surface area contributed by atoms with Gasteiger partial charge in [-0.15, -0.1) is 0 Å². The fourth-order valence-corrected chi connectivity index (χ4v) is 3.05. The molecule has 1 aliphatic heterocycles. The van der Waals surface area contributed by atoms with Crippen LogP contribution in [-0.4, -0.2) is 31.3 Å². The zero-order valence-corrected chi connectivity index (χ0v) is 11.6. The zero-order chi connectivity index (χ0) is 13.2. The van der Waals surface area contributed by atoms with Gasteiger partial charge in [0.05, 0.1) is 11.6 Å². The van der Waals surface area contributed by atoms with Gasteiger partial charge >= 0.3 is 0 Å². The number of likely N-dealkylation sites (N-methyl/N-ethyl adjacent to an activating group) is 1. The molecule has 0 saturated carbocycles. The number of aryl methyl sites for hydroxylation is 1. The topological polar surface area (TPSA) is 38.5 Å². The maximum absolute atomic E-state index is 6.09. The van der Waals surface area contributed by atoms with Gasteiger partial charge in [0.1, 0.15) is 0 Å². The fourth-order valence-electron chi connectivity index (χ4n) is 3.05. The number of nitrogens with zero attached hydrogens (tertiary/aromatic N) is 1. The van der Waals surface area contributed by atoms with Crippen molar-refractivity contribution in [2.24, 2.45) is 5.73 Å². The Morgan fingerprint density at radius 1 is 1.50 bits per heavy atom. The maximum Gasteiger partial charge on any atom is 0.0803 e. The molecule has 3 nitrogen and oxygen atoms in total. The first kappa shape index (κ1) is 13.4. The molecule has 0 amide bonds. The standard InChI is InChI=1S/C15H24N2O/c1-4-17(14-7-5-6-12(2)10-14)15(11-16)8-9-18-13(15)3/h5-7,10,13H,4,8-9,11,16H2,1-3H3. The molecule has 0 aromatic heterocycles. The van der Waals surface area contributed by atoms with E-state index in [1.54, 1.807) is 0 Å².